The van der Waals surface area contributed by atoms with E-state index in [1.165, 1.54) is 0 Å². The lowest BCUT2D eigenvalue weighted by molar-refractivity contribution is -0.122. The molecule has 4 heteroatoms. The number of carbonyl (C=O) groups is 1. The zero-order valence-corrected chi connectivity index (χ0v) is 13.4. The third-order valence-corrected chi connectivity index (χ3v) is 3.75. The molecule has 0 saturated heterocycles. The summed E-state index contributed by atoms with van der Waals surface area (Å²) in [4.78, 5) is 12.3. The summed E-state index contributed by atoms with van der Waals surface area (Å²) in [6, 6.07) is 20.7. The van der Waals surface area contributed by atoms with E-state index in [0.717, 1.165) is 10.8 Å². The number of nitrogens with one attached hydrogen (secondary N) is 1. The quantitative estimate of drug-likeness (QED) is 0.741. The monoisotopic (exact) mass is 325 g/mol. The van der Waals surface area contributed by atoms with Crippen LogP contribution in [0.15, 0.2) is 66.7 Å². The van der Waals surface area contributed by atoms with Crippen LogP contribution in [0.4, 0.5) is 5.69 Å². The van der Waals surface area contributed by atoms with Crippen LogP contribution in [0.2, 0.25) is 5.02 Å². The number of hydrogen-bond donors (Lipinski definition) is 1. The molecule has 0 aliphatic carbocycles. The number of anilines is 1. The maximum absolute atomic E-state index is 12.3. The van der Waals surface area contributed by atoms with Gasteiger partial charge in [-0.2, -0.15) is 0 Å². The van der Waals surface area contributed by atoms with Crippen LogP contribution in [-0.2, 0) is 4.79 Å². The van der Waals surface area contributed by atoms with Crippen LogP contribution in [0.5, 0.6) is 5.75 Å². The van der Waals surface area contributed by atoms with E-state index in [0.29, 0.717) is 16.5 Å². The molecule has 23 heavy (non-hydrogen) atoms. The van der Waals surface area contributed by atoms with Gasteiger partial charge in [-0.05, 0) is 36.6 Å². The SMILES string of the molecule is CC(Oc1cccc2ccccc12)C(=O)Nc1cccc(Cl)c1. The largest absolute Gasteiger partial charge is 0.480 e. The van der Waals surface area contributed by atoms with Crippen molar-refractivity contribution >= 4 is 34.0 Å². The molecule has 1 atom stereocenters. The van der Waals surface area contributed by atoms with Crippen LogP contribution in [0.25, 0.3) is 10.8 Å². The zero-order valence-electron chi connectivity index (χ0n) is 12.6. The van der Waals surface area contributed by atoms with Crippen molar-refractivity contribution in [2.24, 2.45) is 0 Å². The van der Waals surface area contributed by atoms with E-state index in [1.54, 1.807) is 31.2 Å². The summed E-state index contributed by atoms with van der Waals surface area (Å²) in [5.41, 5.74) is 0.649. The Morgan fingerprint density at radius 1 is 1.04 bits per heavy atom. The van der Waals surface area contributed by atoms with Crippen molar-refractivity contribution in [3.8, 4) is 5.75 Å². The summed E-state index contributed by atoms with van der Waals surface area (Å²) in [5, 5.41) is 5.44. The molecule has 0 aliphatic rings. The summed E-state index contributed by atoms with van der Waals surface area (Å²) in [7, 11) is 0. The van der Waals surface area contributed by atoms with Crippen molar-refractivity contribution in [1.82, 2.24) is 0 Å². The first-order chi connectivity index (χ1) is 11.1. The Morgan fingerprint density at radius 2 is 1.78 bits per heavy atom. The van der Waals surface area contributed by atoms with Crippen LogP contribution in [-0.4, -0.2) is 12.0 Å². The van der Waals surface area contributed by atoms with Crippen LogP contribution in [0, 0.1) is 0 Å². The van der Waals surface area contributed by atoms with Gasteiger partial charge in [0.05, 0.1) is 0 Å². The number of rotatable bonds is 4. The van der Waals surface area contributed by atoms with E-state index in [4.69, 9.17) is 16.3 Å². The van der Waals surface area contributed by atoms with Crippen molar-refractivity contribution in [2.45, 2.75) is 13.0 Å². The van der Waals surface area contributed by atoms with Gasteiger partial charge in [0, 0.05) is 16.1 Å². The molecule has 0 saturated carbocycles. The summed E-state index contributed by atoms with van der Waals surface area (Å²) in [5.74, 6) is 0.469. The average Bonchev–Trinajstić information content (AvgIpc) is 2.55. The fourth-order valence-electron chi connectivity index (χ4n) is 2.35. The first-order valence-electron chi connectivity index (χ1n) is 7.34. The second kappa shape index (κ2) is 6.71. The predicted octanol–water partition coefficient (Wildman–Crippen LogP) is 4.90. The number of ether oxygens (including phenoxy) is 1. The van der Waals surface area contributed by atoms with E-state index >= 15 is 0 Å². The molecule has 3 aromatic carbocycles. The highest BCUT2D eigenvalue weighted by molar-refractivity contribution is 6.30. The van der Waals surface area contributed by atoms with Crippen molar-refractivity contribution in [3.05, 3.63) is 71.8 Å². The molecule has 0 aliphatic heterocycles. The summed E-state index contributed by atoms with van der Waals surface area (Å²) < 4.78 is 5.85. The minimum Gasteiger partial charge on any atom is -0.480 e. The van der Waals surface area contributed by atoms with Gasteiger partial charge < -0.3 is 10.1 Å². The third-order valence-electron chi connectivity index (χ3n) is 3.51. The molecule has 0 spiro atoms. The Bertz CT molecular complexity index is 842. The lowest BCUT2D eigenvalue weighted by Crippen LogP contribution is -2.30. The van der Waals surface area contributed by atoms with E-state index in [9.17, 15) is 4.79 Å². The second-order valence-electron chi connectivity index (χ2n) is 5.24. The molecule has 0 bridgehead atoms. The molecule has 3 nitrogen and oxygen atoms in total. The zero-order chi connectivity index (χ0) is 16.2. The van der Waals surface area contributed by atoms with E-state index < -0.39 is 6.10 Å². The van der Waals surface area contributed by atoms with Crippen LogP contribution in [0.3, 0.4) is 0 Å². The van der Waals surface area contributed by atoms with Gasteiger partial charge in [0.15, 0.2) is 6.10 Å². The molecule has 0 radical (unpaired) electrons. The minimum atomic E-state index is -0.625. The fourth-order valence-corrected chi connectivity index (χ4v) is 2.54. The number of amides is 1. The van der Waals surface area contributed by atoms with Gasteiger partial charge in [-0.25, -0.2) is 0 Å². The van der Waals surface area contributed by atoms with E-state index in [2.05, 4.69) is 5.32 Å². The predicted molar refractivity (Wildman–Crippen MR) is 94.1 cm³/mol. The van der Waals surface area contributed by atoms with Gasteiger partial charge in [0.1, 0.15) is 5.75 Å². The molecule has 0 aromatic heterocycles. The molecular weight excluding hydrogens is 310 g/mol. The summed E-state index contributed by atoms with van der Waals surface area (Å²) in [6.07, 6.45) is -0.625. The molecule has 3 aromatic rings. The summed E-state index contributed by atoms with van der Waals surface area (Å²) >= 11 is 5.92. The van der Waals surface area contributed by atoms with Gasteiger partial charge in [0.2, 0.25) is 0 Å². The van der Waals surface area contributed by atoms with Gasteiger partial charge in [0.25, 0.3) is 5.91 Å². The van der Waals surface area contributed by atoms with Crippen molar-refractivity contribution in [2.75, 3.05) is 5.32 Å². The minimum absolute atomic E-state index is 0.222. The molecule has 116 valence electrons. The number of carbonyl (C=O) groups excluding carboxylic acids is 1. The van der Waals surface area contributed by atoms with E-state index in [-0.39, 0.29) is 5.91 Å². The number of benzene rings is 3. The molecule has 3 rings (SSSR count). The van der Waals surface area contributed by atoms with Crippen molar-refractivity contribution < 1.29 is 9.53 Å². The first kappa shape index (κ1) is 15.4. The van der Waals surface area contributed by atoms with Crippen molar-refractivity contribution in [1.29, 1.82) is 0 Å². The lowest BCUT2D eigenvalue weighted by atomic mass is 10.1. The number of hydrogen-bond acceptors (Lipinski definition) is 2. The molecule has 0 heterocycles. The average molecular weight is 326 g/mol. The Hall–Kier alpha value is -2.52. The highest BCUT2D eigenvalue weighted by Gasteiger charge is 2.16. The molecule has 1 N–H and O–H groups in total. The molecular formula is C19H16ClNO2. The highest BCUT2D eigenvalue weighted by Crippen LogP contribution is 2.26. The summed E-state index contributed by atoms with van der Waals surface area (Å²) in [6.45, 7) is 1.72. The molecule has 1 unspecified atom stereocenters. The highest BCUT2D eigenvalue weighted by atomic mass is 35.5. The van der Waals surface area contributed by atoms with Gasteiger partial charge >= 0.3 is 0 Å². The van der Waals surface area contributed by atoms with Crippen LogP contribution >= 0.6 is 11.6 Å². The Balaban J connectivity index is 1.75. The molecule has 1 amide bonds. The maximum Gasteiger partial charge on any atom is 0.265 e. The normalized spacial score (nSPS) is 11.9. The number of fused-ring (bicyclic) bond motifs is 1. The van der Waals surface area contributed by atoms with E-state index in [1.807, 2.05) is 42.5 Å². The topological polar surface area (TPSA) is 38.3 Å². The van der Waals surface area contributed by atoms with Gasteiger partial charge in [-0.15, -0.1) is 0 Å². The van der Waals surface area contributed by atoms with Crippen LogP contribution in [0.1, 0.15) is 6.92 Å². The van der Waals surface area contributed by atoms with Crippen molar-refractivity contribution in [3.63, 3.8) is 0 Å². The van der Waals surface area contributed by atoms with Gasteiger partial charge in [-0.1, -0.05) is 54.1 Å². The standard InChI is InChI=1S/C19H16ClNO2/c1-13(19(22)21-16-9-5-8-15(20)12-16)23-18-11-4-7-14-6-2-3-10-17(14)18/h2-13H,1H3,(H,21,22). The number of halogens is 1. The van der Waals surface area contributed by atoms with Gasteiger partial charge in [-0.3, -0.25) is 4.79 Å². The van der Waals surface area contributed by atoms with Crippen LogP contribution < -0.4 is 10.1 Å². The smallest absolute Gasteiger partial charge is 0.265 e. The lowest BCUT2D eigenvalue weighted by Gasteiger charge is -2.16. The fraction of sp³-hybridized carbons (Fsp3) is 0.105. The second-order valence-corrected chi connectivity index (χ2v) is 5.67. The Kier molecular flexibility index (Phi) is 4.49. The molecule has 0 fully saturated rings. The third kappa shape index (κ3) is 3.63. The Labute approximate surface area is 139 Å². The maximum atomic E-state index is 12.3. The first-order valence-corrected chi connectivity index (χ1v) is 7.72. The Morgan fingerprint density at radius 3 is 2.61 bits per heavy atom.